The lowest BCUT2D eigenvalue weighted by Crippen LogP contribution is -2.23. The van der Waals surface area contributed by atoms with Gasteiger partial charge in [-0.3, -0.25) is 9.48 Å². The van der Waals surface area contributed by atoms with Crippen LogP contribution in [0.2, 0.25) is 5.02 Å². The number of fused-ring (bicyclic) bond motifs is 1. The van der Waals surface area contributed by atoms with E-state index in [9.17, 15) is 9.18 Å². The standard InChI is InChI=1S/C25H23ClFN5O2/c1-31-25(33)24-20(12-28-31)19(18-5-2-16(26)9-21(18)27)10-22(30-24)14-6-7-34-23(8-14)15-11-29-32(13-15)17-3-4-17/h2,5,9-14,17,23H,3-4,6-8H2,1H3/t14-,23-/m0/s1. The van der Waals surface area contributed by atoms with Crippen molar-refractivity contribution in [3.8, 4) is 11.1 Å². The van der Waals surface area contributed by atoms with E-state index in [0.717, 1.165) is 17.7 Å². The maximum absolute atomic E-state index is 14.9. The first-order valence-electron chi connectivity index (χ1n) is 11.5. The third-order valence-electron chi connectivity index (χ3n) is 6.77. The number of ether oxygens (including phenoxy) is 1. The van der Waals surface area contributed by atoms with Crippen LogP contribution in [-0.4, -0.2) is 31.2 Å². The Morgan fingerprint density at radius 2 is 1.97 bits per heavy atom. The van der Waals surface area contributed by atoms with Crippen LogP contribution in [0, 0.1) is 5.82 Å². The summed E-state index contributed by atoms with van der Waals surface area (Å²) in [6.07, 6.45) is 9.25. The van der Waals surface area contributed by atoms with Gasteiger partial charge in [-0.05, 0) is 55.5 Å². The Bertz CT molecular complexity index is 1460. The Labute approximate surface area is 200 Å². The van der Waals surface area contributed by atoms with Crippen molar-refractivity contribution in [3.05, 3.63) is 75.3 Å². The van der Waals surface area contributed by atoms with Crippen molar-refractivity contribution >= 4 is 22.5 Å². The Hall–Kier alpha value is -3.10. The monoisotopic (exact) mass is 479 g/mol. The summed E-state index contributed by atoms with van der Waals surface area (Å²) in [6.45, 7) is 0.572. The van der Waals surface area contributed by atoms with E-state index >= 15 is 0 Å². The zero-order valence-corrected chi connectivity index (χ0v) is 19.4. The molecule has 3 aromatic heterocycles. The molecule has 1 aliphatic carbocycles. The molecule has 4 heterocycles. The average molecular weight is 480 g/mol. The Balaban J connectivity index is 1.43. The number of rotatable bonds is 4. The molecule has 0 N–H and O–H groups in total. The van der Waals surface area contributed by atoms with Gasteiger partial charge in [0.15, 0.2) is 0 Å². The lowest BCUT2D eigenvalue weighted by Gasteiger charge is -2.29. The van der Waals surface area contributed by atoms with Crippen LogP contribution in [-0.2, 0) is 11.8 Å². The molecule has 4 aromatic rings. The van der Waals surface area contributed by atoms with Crippen LogP contribution in [0.25, 0.3) is 22.0 Å². The minimum absolute atomic E-state index is 0.0550. The van der Waals surface area contributed by atoms with Crippen LogP contribution in [0.3, 0.4) is 0 Å². The number of aryl methyl sites for hydroxylation is 1. The molecule has 0 unspecified atom stereocenters. The first-order valence-corrected chi connectivity index (χ1v) is 11.8. The predicted molar refractivity (Wildman–Crippen MR) is 126 cm³/mol. The van der Waals surface area contributed by atoms with Crippen LogP contribution in [0.1, 0.15) is 55.0 Å². The van der Waals surface area contributed by atoms with Gasteiger partial charge in [0.25, 0.3) is 5.56 Å². The molecule has 0 radical (unpaired) electrons. The number of nitrogens with zero attached hydrogens (tertiary/aromatic N) is 5. The molecule has 7 nitrogen and oxygen atoms in total. The lowest BCUT2D eigenvalue weighted by atomic mass is 9.88. The fourth-order valence-electron chi connectivity index (χ4n) is 4.71. The van der Waals surface area contributed by atoms with Crippen LogP contribution >= 0.6 is 11.6 Å². The van der Waals surface area contributed by atoms with Crippen molar-refractivity contribution in [1.82, 2.24) is 24.5 Å². The van der Waals surface area contributed by atoms with Gasteiger partial charge in [0, 0.05) is 53.0 Å². The number of aromatic nitrogens is 5. The second-order valence-corrected chi connectivity index (χ2v) is 9.56. The van der Waals surface area contributed by atoms with E-state index in [4.69, 9.17) is 21.3 Å². The van der Waals surface area contributed by atoms with Crippen molar-refractivity contribution in [2.24, 2.45) is 7.05 Å². The fraction of sp³-hybridized carbons (Fsp3) is 0.360. The molecule has 174 valence electrons. The molecule has 1 saturated carbocycles. The summed E-state index contributed by atoms with van der Waals surface area (Å²) in [5, 5.41) is 9.47. The third-order valence-corrected chi connectivity index (χ3v) is 7.01. The predicted octanol–water partition coefficient (Wildman–Crippen LogP) is 4.95. The molecule has 2 aliphatic rings. The van der Waals surface area contributed by atoms with Gasteiger partial charge in [-0.15, -0.1) is 0 Å². The molecular formula is C25H23ClFN5O2. The molecule has 0 amide bonds. The summed E-state index contributed by atoms with van der Waals surface area (Å²) >= 11 is 5.98. The summed E-state index contributed by atoms with van der Waals surface area (Å²) in [5.74, 6) is -0.400. The Morgan fingerprint density at radius 3 is 2.76 bits per heavy atom. The minimum Gasteiger partial charge on any atom is -0.373 e. The Morgan fingerprint density at radius 1 is 1.12 bits per heavy atom. The zero-order chi connectivity index (χ0) is 23.4. The van der Waals surface area contributed by atoms with Gasteiger partial charge in [0.1, 0.15) is 11.3 Å². The van der Waals surface area contributed by atoms with Crippen LogP contribution in [0.5, 0.6) is 0 Å². The van der Waals surface area contributed by atoms with E-state index in [2.05, 4.69) is 16.4 Å². The van der Waals surface area contributed by atoms with Gasteiger partial charge in [-0.1, -0.05) is 11.6 Å². The molecule has 9 heteroatoms. The Kier molecular flexibility index (Phi) is 5.22. The molecule has 6 rings (SSSR count). The lowest BCUT2D eigenvalue weighted by molar-refractivity contribution is 0.00464. The van der Waals surface area contributed by atoms with Crippen LogP contribution in [0.15, 0.2) is 47.7 Å². The maximum atomic E-state index is 14.9. The molecule has 2 fully saturated rings. The molecule has 2 atom stereocenters. The minimum atomic E-state index is -0.455. The molecular weight excluding hydrogens is 457 g/mol. The molecule has 1 aromatic carbocycles. The highest BCUT2D eigenvalue weighted by atomic mass is 35.5. The highest BCUT2D eigenvalue weighted by molar-refractivity contribution is 6.30. The molecule has 1 saturated heterocycles. The summed E-state index contributed by atoms with van der Waals surface area (Å²) in [7, 11) is 1.58. The van der Waals surface area contributed by atoms with Crippen LogP contribution < -0.4 is 5.56 Å². The van der Waals surface area contributed by atoms with Crippen LogP contribution in [0.4, 0.5) is 4.39 Å². The number of hydrogen-bond acceptors (Lipinski definition) is 5. The number of halogens is 2. The zero-order valence-electron chi connectivity index (χ0n) is 18.6. The molecule has 0 bridgehead atoms. The number of benzene rings is 1. The highest BCUT2D eigenvalue weighted by Gasteiger charge is 2.30. The SMILES string of the molecule is Cn1ncc2c(-c3ccc(Cl)cc3F)cc([C@H]3CCO[C@H](c4cnn(C5CC5)c4)C3)nc2c1=O. The van der Waals surface area contributed by atoms with E-state index in [-0.39, 0.29) is 23.1 Å². The van der Waals surface area contributed by atoms with Gasteiger partial charge in [0.05, 0.1) is 24.5 Å². The molecule has 0 spiro atoms. The quantitative estimate of drug-likeness (QED) is 0.414. The smallest absolute Gasteiger partial charge is 0.292 e. The second-order valence-electron chi connectivity index (χ2n) is 9.12. The second kappa shape index (κ2) is 8.29. The topological polar surface area (TPSA) is 74.8 Å². The number of pyridine rings is 1. The van der Waals surface area contributed by atoms with Gasteiger partial charge in [0.2, 0.25) is 0 Å². The van der Waals surface area contributed by atoms with Gasteiger partial charge in [-0.2, -0.15) is 10.2 Å². The summed E-state index contributed by atoms with van der Waals surface area (Å²) < 4.78 is 24.3. The van der Waals surface area contributed by atoms with E-state index in [0.29, 0.717) is 40.6 Å². The first-order chi connectivity index (χ1) is 16.5. The highest BCUT2D eigenvalue weighted by Crippen LogP contribution is 2.41. The van der Waals surface area contributed by atoms with Crippen molar-refractivity contribution in [3.63, 3.8) is 0 Å². The van der Waals surface area contributed by atoms with Crippen molar-refractivity contribution in [1.29, 1.82) is 0 Å². The molecule has 34 heavy (non-hydrogen) atoms. The normalized spacial score (nSPS) is 20.7. The van der Waals surface area contributed by atoms with Crippen molar-refractivity contribution < 1.29 is 9.13 Å². The third kappa shape index (κ3) is 3.80. The van der Waals surface area contributed by atoms with Gasteiger partial charge < -0.3 is 4.74 Å². The van der Waals surface area contributed by atoms with E-state index in [1.165, 1.54) is 23.6 Å². The molecule has 1 aliphatic heterocycles. The summed E-state index contributed by atoms with van der Waals surface area (Å²) in [6, 6.07) is 6.95. The average Bonchev–Trinajstić information content (AvgIpc) is 3.57. The maximum Gasteiger partial charge on any atom is 0.292 e. The van der Waals surface area contributed by atoms with Gasteiger partial charge in [-0.25, -0.2) is 14.1 Å². The number of hydrogen-bond donors (Lipinski definition) is 0. The van der Waals surface area contributed by atoms with Crippen molar-refractivity contribution in [2.75, 3.05) is 6.61 Å². The van der Waals surface area contributed by atoms with Crippen molar-refractivity contribution in [2.45, 2.75) is 43.7 Å². The van der Waals surface area contributed by atoms with E-state index in [1.54, 1.807) is 25.4 Å². The fourth-order valence-corrected chi connectivity index (χ4v) is 4.87. The largest absolute Gasteiger partial charge is 0.373 e. The van der Waals surface area contributed by atoms with Gasteiger partial charge >= 0.3 is 0 Å². The van der Waals surface area contributed by atoms with E-state index < -0.39 is 5.82 Å². The summed E-state index contributed by atoms with van der Waals surface area (Å²) in [5.41, 5.74) is 2.73. The first kappa shape index (κ1) is 21.4. The summed E-state index contributed by atoms with van der Waals surface area (Å²) in [4.78, 5) is 17.7. The van der Waals surface area contributed by atoms with E-state index in [1.807, 2.05) is 16.9 Å².